The van der Waals surface area contributed by atoms with Crippen LogP contribution in [0.2, 0.25) is 0 Å². The summed E-state index contributed by atoms with van der Waals surface area (Å²) < 4.78 is 1.35. The van der Waals surface area contributed by atoms with Gasteiger partial charge in [-0.2, -0.15) is 5.10 Å². The Morgan fingerprint density at radius 3 is 3.08 bits per heavy atom. The molecule has 0 aromatic carbocycles. The van der Waals surface area contributed by atoms with Crippen LogP contribution in [0.3, 0.4) is 0 Å². The normalized spacial score (nSPS) is 11.3. The molecular weight excluding hydrogens is 154 g/mol. The number of hydrogen-bond acceptors (Lipinski definition) is 3. The summed E-state index contributed by atoms with van der Waals surface area (Å²) in [6.45, 7) is 0. The second-order valence-corrected chi connectivity index (χ2v) is 1.94. The standard InChI is InChI=1S/C7H9N5/c8-3-1-4-10-7(9)12-6-2-5-11-12/h1-6,9H,8H2. The van der Waals surface area contributed by atoms with Crippen molar-refractivity contribution in [3.8, 4) is 0 Å². The van der Waals surface area contributed by atoms with Gasteiger partial charge in [-0.15, -0.1) is 0 Å². The summed E-state index contributed by atoms with van der Waals surface area (Å²) in [4.78, 5) is 3.75. The summed E-state index contributed by atoms with van der Waals surface area (Å²) in [7, 11) is 0. The number of rotatable bonds is 1. The van der Waals surface area contributed by atoms with Gasteiger partial charge in [-0.05, 0) is 18.3 Å². The van der Waals surface area contributed by atoms with E-state index in [1.54, 1.807) is 18.5 Å². The largest absolute Gasteiger partial charge is 0.405 e. The van der Waals surface area contributed by atoms with Crippen molar-refractivity contribution in [1.29, 1.82) is 5.41 Å². The smallest absolute Gasteiger partial charge is 0.242 e. The topological polar surface area (TPSA) is 80.0 Å². The zero-order valence-electron chi connectivity index (χ0n) is 6.38. The van der Waals surface area contributed by atoms with Crippen LogP contribution in [0.15, 0.2) is 35.7 Å². The van der Waals surface area contributed by atoms with E-state index >= 15 is 0 Å². The van der Waals surface area contributed by atoms with E-state index in [-0.39, 0.29) is 5.96 Å². The number of nitrogens with one attached hydrogen (secondary N) is 1. The Kier molecular flexibility index (Phi) is 2.78. The zero-order chi connectivity index (χ0) is 8.81. The molecular formula is C7H9N5. The van der Waals surface area contributed by atoms with Crippen molar-refractivity contribution in [2.75, 3.05) is 0 Å². The van der Waals surface area contributed by atoms with Gasteiger partial charge < -0.3 is 5.73 Å². The fraction of sp³-hybridized carbons (Fsp3) is 0. The highest BCUT2D eigenvalue weighted by Gasteiger charge is 1.92. The lowest BCUT2D eigenvalue weighted by Crippen LogP contribution is -2.07. The molecule has 5 nitrogen and oxygen atoms in total. The molecule has 3 N–H and O–H groups in total. The van der Waals surface area contributed by atoms with Crippen LogP contribution in [0, 0.1) is 5.41 Å². The molecule has 0 spiro atoms. The predicted molar refractivity (Wildman–Crippen MR) is 47.2 cm³/mol. The molecule has 0 atom stereocenters. The van der Waals surface area contributed by atoms with Crippen molar-refractivity contribution in [2.24, 2.45) is 10.7 Å². The van der Waals surface area contributed by atoms with Gasteiger partial charge in [0.25, 0.3) is 0 Å². The lowest BCUT2D eigenvalue weighted by atomic mass is 10.6. The van der Waals surface area contributed by atoms with Crippen molar-refractivity contribution in [3.05, 3.63) is 30.7 Å². The van der Waals surface area contributed by atoms with Crippen molar-refractivity contribution in [3.63, 3.8) is 0 Å². The third-order valence-electron chi connectivity index (χ3n) is 1.12. The maximum absolute atomic E-state index is 7.35. The Morgan fingerprint density at radius 1 is 1.67 bits per heavy atom. The number of nitrogens with two attached hydrogens (primary N) is 1. The van der Waals surface area contributed by atoms with Gasteiger partial charge in [0.15, 0.2) is 0 Å². The van der Waals surface area contributed by atoms with Gasteiger partial charge in [0.2, 0.25) is 5.96 Å². The second kappa shape index (κ2) is 4.07. The molecule has 1 aromatic rings. The number of aromatic nitrogens is 2. The molecule has 1 rings (SSSR count). The lowest BCUT2D eigenvalue weighted by Gasteiger charge is -1.93. The third-order valence-corrected chi connectivity index (χ3v) is 1.12. The molecule has 1 heterocycles. The summed E-state index contributed by atoms with van der Waals surface area (Å²) in [5, 5.41) is 11.2. The third kappa shape index (κ3) is 2.05. The highest BCUT2D eigenvalue weighted by Crippen LogP contribution is 1.84. The molecule has 0 unspecified atom stereocenters. The maximum atomic E-state index is 7.35. The fourth-order valence-electron chi connectivity index (χ4n) is 0.617. The van der Waals surface area contributed by atoms with E-state index in [4.69, 9.17) is 11.1 Å². The van der Waals surface area contributed by atoms with Gasteiger partial charge >= 0.3 is 0 Å². The van der Waals surface area contributed by atoms with E-state index in [1.807, 2.05) is 0 Å². The monoisotopic (exact) mass is 163 g/mol. The second-order valence-electron chi connectivity index (χ2n) is 1.94. The minimum absolute atomic E-state index is 0.0538. The van der Waals surface area contributed by atoms with E-state index < -0.39 is 0 Å². The average Bonchev–Trinajstić information content (AvgIpc) is 2.56. The predicted octanol–water partition coefficient (Wildman–Crippen LogP) is 0.209. The van der Waals surface area contributed by atoms with Gasteiger partial charge in [0.1, 0.15) is 0 Å². The first-order valence-electron chi connectivity index (χ1n) is 3.34. The van der Waals surface area contributed by atoms with Crippen LogP contribution in [0.4, 0.5) is 0 Å². The minimum atomic E-state index is 0.0538. The molecule has 12 heavy (non-hydrogen) atoms. The van der Waals surface area contributed by atoms with Crippen molar-refractivity contribution < 1.29 is 0 Å². The van der Waals surface area contributed by atoms with Crippen LogP contribution in [0.25, 0.3) is 0 Å². The molecule has 0 amide bonds. The van der Waals surface area contributed by atoms with E-state index in [9.17, 15) is 0 Å². The van der Waals surface area contributed by atoms with Crippen molar-refractivity contribution in [1.82, 2.24) is 9.78 Å². The van der Waals surface area contributed by atoms with E-state index in [1.165, 1.54) is 23.2 Å². The van der Waals surface area contributed by atoms with Gasteiger partial charge in [0, 0.05) is 18.6 Å². The first-order valence-corrected chi connectivity index (χ1v) is 3.34. The first-order chi connectivity index (χ1) is 5.84. The Balaban J connectivity index is 2.61. The molecule has 62 valence electrons. The lowest BCUT2D eigenvalue weighted by molar-refractivity contribution is 0.913. The van der Waals surface area contributed by atoms with E-state index in [2.05, 4.69) is 10.1 Å². The molecule has 0 aliphatic heterocycles. The van der Waals surface area contributed by atoms with Crippen LogP contribution < -0.4 is 5.73 Å². The highest BCUT2D eigenvalue weighted by molar-refractivity contribution is 5.89. The quantitative estimate of drug-likeness (QED) is 0.458. The van der Waals surface area contributed by atoms with Gasteiger partial charge in [0.05, 0.1) is 0 Å². The van der Waals surface area contributed by atoms with E-state index in [0.29, 0.717) is 0 Å². The number of allylic oxidation sites excluding steroid dienone is 1. The zero-order valence-corrected chi connectivity index (χ0v) is 6.38. The van der Waals surface area contributed by atoms with Crippen LogP contribution in [-0.4, -0.2) is 22.0 Å². The van der Waals surface area contributed by atoms with Crippen LogP contribution in [0.5, 0.6) is 0 Å². The number of hydrogen-bond donors (Lipinski definition) is 2. The fourth-order valence-corrected chi connectivity index (χ4v) is 0.617. The Hall–Kier alpha value is -1.91. The molecule has 0 bridgehead atoms. The first kappa shape index (κ1) is 8.19. The molecule has 1 aromatic heterocycles. The molecule has 0 fully saturated rings. The molecule has 0 aliphatic carbocycles. The van der Waals surface area contributed by atoms with Crippen LogP contribution in [-0.2, 0) is 0 Å². The molecule has 0 radical (unpaired) electrons. The summed E-state index contributed by atoms with van der Waals surface area (Å²) in [6.07, 6.45) is 7.55. The summed E-state index contributed by atoms with van der Waals surface area (Å²) in [5.41, 5.74) is 5.07. The Bertz CT molecular complexity index is 296. The maximum Gasteiger partial charge on any atom is 0.242 e. The molecule has 0 saturated heterocycles. The Morgan fingerprint density at radius 2 is 2.50 bits per heavy atom. The Labute approximate surface area is 69.7 Å². The number of aliphatic imine (C=N–C) groups is 1. The van der Waals surface area contributed by atoms with Crippen LogP contribution in [0.1, 0.15) is 0 Å². The SMILES string of the molecule is N=C(N=CC=CN)n1cccn1. The van der Waals surface area contributed by atoms with Crippen molar-refractivity contribution in [2.45, 2.75) is 0 Å². The molecule has 0 saturated carbocycles. The average molecular weight is 163 g/mol. The minimum Gasteiger partial charge on any atom is -0.405 e. The van der Waals surface area contributed by atoms with E-state index in [0.717, 1.165) is 0 Å². The van der Waals surface area contributed by atoms with Gasteiger partial charge in [-0.1, -0.05) is 0 Å². The van der Waals surface area contributed by atoms with Gasteiger partial charge in [-0.25, -0.2) is 9.67 Å². The summed E-state index contributed by atoms with van der Waals surface area (Å²) in [5.74, 6) is 0.0538. The number of nitrogens with zero attached hydrogens (tertiary/aromatic N) is 3. The summed E-state index contributed by atoms with van der Waals surface area (Å²) in [6, 6.07) is 1.73. The van der Waals surface area contributed by atoms with Crippen LogP contribution >= 0.6 is 0 Å². The highest BCUT2D eigenvalue weighted by atomic mass is 15.3. The molecule has 5 heteroatoms. The molecule has 0 aliphatic rings. The van der Waals surface area contributed by atoms with Crippen molar-refractivity contribution >= 4 is 12.2 Å². The summed E-state index contributed by atoms with van der Waals surface area (Å²) >= 11 is 0. The van der Waals surface area contributed by atoms with Gasteiger partial charge in [-0.3, -0.25) is 5.41 Å².